The van der Waals surface area contributed by atoms with Crippen LogP contribution in [0.1, 0.15) is 0 Å². The van der Waals surface area contributed by atoms with Gasteiger partial charge in [-0.25, -0.2) is 39.9 Å². The summed E-state index contributed by atoms with van der Waals surface area (Å²) < 4.78 is 49.0. The van der Waals surface area contributed by atoms with E-state index in [0.717, 1.165) is 165 Å². The summed E-state index contributed by atoms with van der Waals surface area (Å²) in [7, 11) is 0. The molecule has 31 aromatic rings. The Labute approximate surface area is 891 Å². The van der Waals surface area contributed by atoms with E-state index in [-0.39, 0.29) is 77.9 Å². The number of rotatable bonds is 15. The van der Waals surface area contributed by atoms with Crippen LogP contribution in [0, 0.1) is 24.3 Å². The van der Waals surface area contributed by atoms with Crippen LogP contribution in [0.15, 0.2) is 414 Å². The molecule has 0 unspecified atom stereocenters. The molecule has 0 amide bonds. The molecule has 10 aromatic carbocycles. The number of hydrogen-bond donors (Lipinski definition) is 0. The van der Waals surface area contributed by atoms with E-state index in [1.54, 1.807) is 61.2 Å². The Morgan fingerprint density at radius 3 is 0.885 bits per heavy atom. The summed E-state index contributed by atoms with van der Waals surface area (Å²) in [6.45, 7) is 0. The van der Waals surface area contributed by atoms with Gasteiger partial charge in [-0.3, -0.25) is 9.13 Å². The molecule has 0 N–H and O–H groups in total. The monoisotopic (exact) mass is 2270 g/mol. The zero-order valence-electron chi connectivity index (χ0n) is 77.1. The third-order valence-corrected chi connectivity index (χ3v) is 26.0. The molecule has 0 aliphatic rings. The van der Waals surface area contributed by atoms with Gasteiger partial charge in [0, 0.05) is 280 Å². The summed E-state index contributed by atoms with van der Waals surface area (Å²) in [6.07, 6.45) is 14.2. The van der Waals surface area contributed by atoms with Crippen LogP contribution in [0.25, 0.3) is 198 Å². The second-order valence-electron chi connectivity index (χ2n) is 34.3. The fraction of sp³-hybridized carbons (Fsp3) is 0. The van der Waals surface area contributed by atoms with Gasteiger partial charge in [0.05, 0.1) is 16.6 Å². The second kappa shape index (κ2) is 38.7. The van der Waals surface area contributed by atoms with Gasteiger partial charge in [0.15, 0.2) is 5.65 Å². The Kier molecular flexibility index (Phi) is 24.2. The Morgan fingerprint density at radius 2 is 0.459 bits per heavy atom. The number of aromatic nitrogens is 18. The first-order valence-corrected chi connectivity index (χ1v) is 46.6. The van der Waals surface area contributed by atoms with Crippen LogP contribution < -0.4 is 28.4 Å². The van der Waals surface area contributed by atoms with Gasteiger partial charge in [-0.1, -0.05) is 168 Å². The smallest absolute Gasteiger partial charge is 0.224 e. The minimum absolute atomic E-state index is 0. The van der Waals surface area contributed by atoms with Crippen LogP contribution in [0.3, 0.4) is 0 Å². The molecular weight excluding hydrogens is 2200 g/mol. The Hall–Kier alpha value is -17.9. The fourth-order valence-electron chi connectivity index (χ4n) is 20.1. The summed E-state index contributed by atoms with van der Waals surface area (Å²) in [5, 5.41) is 20.5. The number of fused-ring (bicyclic) bond motifs is 27. The van der Waals surface area contributed by atoms with Gasteiger partial charge in [0.25, 0.3) is 0 Å². The summed E-state index contributed by atoms with van der Waals surface area (Å²) in [4.78, 5) is 55.0. The Bertz CT molecular complexity index is 10400. The number of ether oxygens (including phenoxy) is 6. The van der Waals surface area contributed by atoms with Crippen LogP contribution in [0.4, 0.5) is 0 Å². The molecule has 0 aliphatic carbocycles. The third-order valence-electron chi connectivity index (χ3n) is 26.0. The molecule has 28 heteroatoms. The number of pyridine rings is 12. The van der Waals surface area contributed by atoms with Crippen LogP contribution in [-0.4, -0.2) is 86.7 Å². The summed E-state index contributed by atoms with van der Waals surface area (Å²) in [5.74, 6) is 7.39. The van der Waals surface area contributed by atoms with Gasteiger partial charge in [0.2, 0.25) is 47.0 Å². The molecule has 21 heterocycles. The van der Waals surface area contributed by atoms with E-state index in [9.17, 15) is 0 Å². The maximum atomic E-state index is 6.35. The molecule has 0 spiro atoms. The summed E-state index contributed by atoms with van der Waals surface area (Å²) in [5.41, 5.74) is 15.6. The van der Waals surface area contributed by atoms with E-state index in [1.165, 1.54) is 32.3 Å². The molecule has 31 rings (SSSR count). The molecule has 148 heavy (non-hydrogen) atoms. The van der Waals surface area contributed by atoms with Crippen molar-refractivity contribution >= 4 is 180 Å². The van der Waals surface area contributed by atoms with Crippen LogP contribution in [0.2, 0.25) is 0 Å². The maximum Gasteiger partial charge on any atom is 0.224 e. The number of para-hydroxylation sites is 6. The van der Waals surface area contributed by atoms with Gasteiger partial charge in [0.1, 0.15) is 39.9 Å². The van der Waals surface area contributed by atoms with E-state index in [1.807, 2.05) is 207 Å². The van der Waals surface area contributed by atoms with Crippen molar-refractivity contribution in [3.8, 4) is 87.4 Å². The quantitative estimate of drug-likeness (QED) is 0.0685. The standard InChI is InChI=1S/2C33H18N5O.C27H15N4O2.C27H17N4O2.4Rh/c1-2-12-27-21(7-1)25-10-5-17-34-32(25)37(27)29-13-4-14-30(36-29)39-20-15-16-22-23-8-3-9-24-26-11-6-18-35-33(26)38(31(23)24)28(22)19-20;1-2-11-27-21(7-1)26-15-16-30(36-33(26)37(27)29-12-3-4-17-34-29)39-20-13-14-22-23-8-5-9-24-25-10-6-18-35-32(25)38(31(23)24)28(22)19-20;1-2-14-28-23(9-1)33-25-11-4-10-24(30-25)32-17-12-13-18-19-6-3-7-20-21-8-5-15-29-27(21)31(26(19)20)22(18)16-17;1-2-12-23-21(10-1)22-11-7-17-29-27(22)31(23)19-8-5-9-20(18-19)32-25-14-6-15-26(30-25)33-24-13-3-4-16-28-24;;;;/h2*1-18H;1-15H;1-17H;;;;/q4*-1;;;;. The Morgan fingerprint density at radius 1 is 0.169 bits per heavy atom. The molecule has 24 nitrogen and oxygen atoms in total. The van der Waals surface area contributed by atoms with Crippen molar-refractivity contribution in [2.45, 2.75) is 0 Å². The topological polar surface area (TPSA) is 238 Å². The van der Waals surface area contributed by atoms with E-state index < -0.39 is 0 Å². The van der Waals surface area contributed by atoms with Crippen molar-refractivity contribution in [2.75, 3.05) is 0 Å². The maximum absolute atomic E-state index is 6.35. The SMILES string of the molecule is [Rh].[Rh].[Rh].[Rh].[c-]1c(Oc2ccc3c4ccccc4n(-c4ccccn4)c3n2)ccc2c3cccc4c5cccnc5n(c12)c34.[c-]1c(Oc2cccc(-n3c4ccccc4c4cccnc43)n2)ccc2c3cccc4c5cccnc5n(c12)c34.[c-]1c(Oc2cccc(Oc3ccccn3)n2)ccc2c3cccc4c5cccnc5n(c12)c34.[c-]1c(Oc2cccc(Oc3ccccn3)n2)cccc1-n1c2ccccc2c2cccnc21. The minimum atomic E-state index is 0. The predicted octanol–water partition coefficient (Wildman–Crippen LogP) is 28.2. The number of hydrogen-bond acceptors (Lipinski definition) is 18. The fourth-order valence-corrected chi connectivity index (χ4v) is 20.1. The van der Waals surface area contributed by atoms with Crippen molar-refractivity contribution in [1.29, 1.82) is 0 Å². The molecule has 0 aliphatic heterocycles. The van der Waals surface area contributed by atoms with Crippen LogP contribution >= 0.6 is 0 Å². The molecule has 714 valence electrons. The van der Waals surface area contributed by atoms with Crippen molar-refractivity contribution in [3.63, 3.8) is 0 Å². The summed E-state index contributed by atoms with van der Waals surface area (Å²) in [6, 6.07) is 133. The van der Waals surface area contributed by atoms with Crippen molar-refractivity contribution < 1.29 is 106 Å². The summed E-state index contributed by atoms with van der Waals surface area (Å²) >= 11 is 0. The molecule has 4 radical (unpaired) electrons. The van der Waals surface area contributed by atoms with Gasteiger partial charge < -0.3 is 46.2 Å². The number of benzene rings is 10. The van der Waals surface area contributed by atoms with Gasteiger partial charge in [-0.15, -0.1) is 70.8 Å². The second-order valence-corrected chi connectivity index (χ2v) is 34.3. The predicted molar refractivity (Wildman–Crippen MR) is 561 cm³/mol. The van der Waals surface area contributed by atoms with E-state index >= 15 is 0 Å². The third kappa shape index (κ3) is 16.0. The zero-order valence-corrected chi connectivity index (χ0v) is 83.6. The van der Waals surface area contributed by atoms with Gasteiger partial charge in [-0.05, 0) is 131 Å². The average Bonchev–Trinajstić information content (AvgIpc) is 1.55. The van der Waals surface area contributed by atoms with Crippen molar-refractivity contribution in [3.05, 3.63) is 438 Å². The Balaban J connectivity index is 0.000000105. The van der Waals surface area contributed by atoms with Crippen molar-refractivity contribution in [2.24, 2.45) is 0 Å². The zero-order chi connectivity index (χ0) is 94.8. The largest absolute Gasteiger partial charge is 0.466 e. The van der Waals surface area contributed by atoms with Gasteiger partial charge in [-0.2, -0.15) is 44.2 Å². The molecule has 0 bridgehead atoms. The average molecular weight is 2270 g/mol. The van der Waals surface area contributed by atoms with E-state index in [4.69, 9.17) is 48.4 Å². The molecule has 0 fully saturated rings. The molecular formula is C120H68N18O6Rh4-4. The first-order valence-electron chi connectivity index (χ1n) is 46.6. The van der Waals surface area contributed by atoms with E-state index in [2.05, 4.69) is 237 Å². The molecule has 0 saturated carbocycles. The first kappa shape index (κ1) is 92.5. The minimum Gasteiger partial charge on any atom is -0.466 e. The van der Waals surface area contributed by atoms with Crippen LogP contribution in [0.5, 0.6) is 70.0 Å². The molecule has 21 aromatic heterocycles. The molecule has 0 saturated heterocycles. The van der Waals surface area contributed by atoms with Crippen molar-refractivity contribution in [1.82, 2.24) is 86.7 Å². The van der Waals surface area contributed by atoms with Gasteiger partial charge >= 0.3 is 0 Å². The first-order chi connectivity index (χ1) is 71.4. The van der Waals surface area contributed by atoms with E-state index in [0.29, 0.717) is 70.0 Å². The van der Waals surface area contributed by atoms with Crippen LogP contribution in [-0.2, 0) is 77.9 Å². The number of nitrogens with zero attached hydrogens (tertiary/aromatic N) is 18. The molecule has 0 atom stereocenters. The normalized spacial score (nSPS) is 11.4.